The Morgan fingerprint density at radius 1 is 0.810 bits per heavy atom. The molecule has 0 aromatic carbocycles. The van der Waals surface area contributed by atoms with Crippen LogP contribution >= 0.6 is 18.2 Å². The summed E-state index contributed by atoms with van der Waals surface area (Å²) in [4.78, 5) is 0. The van der Waals surface area contributed by atoms with Crippen molar-refractivity contribution in [2.75, 3.05) is 0 Å². The van der Waals surface area contributed by atoms with Gasteiger partial charge in [-0.1, -0.05) is 52.4 Å². The molecule has 0 aliphatic heterocycles. The normalized spacial score (nSPS) is 14.6. The van der Waals surface area contributed by atoms with Crippen LogP contribution in [0.2, 0.25) is 0 Å². The van der Waals surface area contributed by atoms with E-state index in [1.165, 1.54) is 51.0 Å². The van der Waals surface area contributed by atoms with E-state index in [1.807, 2.05) is 12.2 Å². The van der Waals surface area contributed by atoms with Crippen LogP contribution in [0, 0.1) is 0 Å². The molecular formula is C16H30ClO3P. The first-order valence-corrected chi connectivity index (χ1v) is 10.5. The quantitative estimate of drug-likeness (QED) is 0.189. The largest absolute Gasteiger partial charge is 0.529 e. The lowest BCUT2D eigenvalue weighted by Crippen LogP contribution is -1.79. The van der Waals surface area contributed by atoms with Crippen molar-refractivity contribution in [3.63, 3.8) is 0 Å². The second-order valence-corrected chi connectivity index (χ2v) is 7.61. The second kappa shape index (κ2) is 14.5. The summed E-state index contributed by atoms with van der Waals surface area (Å²) in [7, 11) is 0. The highest BCUT2D eigenvalue weighted by atomic mass is 35.7. The first kappa shape index (κ1) is 20.6. The molecule has 0 aliphatic rings. The topological polar surface area (TPSA) is 35.5 Å². The van der Waals surface area contributed by atoms with Gasteiger partial charge in [-0.2, -0.15) is 0 Å². The van der Waals surface area contributed by atoms with Crippen LogP contribution in [0.15, 0.2) is 24.7 Å². The van der Waals surface area contributed by atoms with E-state index in [1.54, 1.807) is 0 Å². The van der Waals surface area contributed by atoms with Crippen molar-refractivity contribution in [2.45, 2.75) is 78.1 Å². The van der Waals surface area contributed by atoms with Gasteiger partial charge in [-0.15, -0.1) is 0 Å². The van der Waals surface area contributed by atoms with Gasteiger partial charge in [0.1, 0.15) is 0 Å². The van der Waals surface area contributed by atoms with E-state index in [4.69, 9.17) is 20.3 Å². The summed E-state index contributed by atoms with van der Waals surface area (Å²) >= 11 is 5.67. The van der Waals surface area contributed by atoms with Gasteiger partial charge in [0.2, 0.25) is 0 Å². The Labute approximate surface area is 135 Å². The Morgan fingerprint density at radius 2 is 1.24 bits per heavy atom. The third-order valence-electron chi connectivity index (χ3n) is 3.01. The second-order valence-electron chi connectivity index (χ2n) is 5.08. The van der Waals surface area contributed by atoms with Crippen LogP contribution in [0.4, 0.5) is 0 Å². The van der Waals surface area contributed by atoms with Gasteiger partial charge >= 0.3 is 6.95 Å². The average molecular weight is 337 g/mol. The molecule has 0 rings (SSSR count). The van der Waals surface area contributed by atoms with E-state index < -0.39 is 6.95 Å². The monoisotopic (exact) mass is 336 g/mol. The number of rotatable bonds is 14. The number of hydrogen-bond donors (Lipinski definition) is 0. The SMILES string of the molecule is CCCCCCC=COP(=O)(Cl)OC=CCCCCCC. The lowest BCUT2D eigenvalue weighted by atomic mass is 10.2. The number of hydrogen-bond acceptors (Lipinski definition) is 3. The lowest BCUT2D eigenvalue weighted by molar-refractivity contribution is 0.345. The molecule has 0 spiro atoms. The standard InChI is InChI=1S/C16H30ClO3P/c1-3-5-7-9-11-13-15-19-21(17,18)20-16-14-12-10-8-6-4-2/h13-16H,3-12H2,1-2H3. The van der Waals surface area contributed by atoms with E-state index in [0.29, 0.717) is 0 Å². The smallest absolute Gasteiger partial charge is 0.413 e. The Morgan fingerprint density at radius 3 is 1.62 bits per heavy atom. The van der Waals surface area contributed by atoms with E-state index >= 15 is 0 Å². The molecule has 124 valence electrons. The molecule has 0 aliphatic carbocycles. The van der Waals surface area contributed by atoms with Gasteiger partial charge in [0.25, 0.3) is 0 Å². The molecule has 0 bridgehead atoms. The summed E-state index contributed by atoms with van der Waals surface area (Å²) in [5.41, 5.74) is 0. The molecule has 0 atom stereocenters. The van der Waals surface area contributed by atoms with Crippen molar-refractivity contribution in [3.8, 4) is 0 Å². The number of halogens is 1. The van der Waals surface area contributed by atoms with E-state index in [2.05, 4.69) is 13.8 Å². The van der Waals surface area contributed by atoms with E-state index in [0.717, 1.165) is 25.7 Å². The van der Waals surface area contributed by atoms with Gasteiger partial charge < -0.3 is 9.05 Å². The summed E-state index contributed by atoms with van der Waals surface area (Å²) in [5, 5.41) is 0. The summed E-state index contributed by atoms with van der Waals surface area (Å²) in [6.45, 7) is 0.839. The van der Waals surface area contributed by atoms with Crippen molar-refractivity contribution in [2.24, 2.45) is 0 Å². The molecule has 0 aromatic rings. The average Bonchev–Trinajstić information content (AvgIpc) is 2.45. The molecule has 0 unspecified atom stereocenters. The molecule has 0 amide bonds. The number of allylic oxidation sites excluding steroid dienone is 2. The molecule has 0 radical (unpaired) electrons. The predicted octanol–water partition coefficient (Wildman–Crippen LogP) is 7.33. The van der Waals surface area contributed by atoms with Crippen LogP contribution in [0.25, 0.3) is 0 Å². The Hall–Kier alpha value is -0.400. The van der Waals surface area contributed by atoms with Crippen molar-refractivity contribution in [1.29, 1.82) is 0 Å². The fourth-order valence-corrected chi connectivity index (χ4v) is 2.56. The molecule has 0 saturated carbocycles. The fourth-order valence-electron chi connectivity index (χ4n) is 1.77. The summed E-state index contributed by atoms with van der Waals surface area (Å²) in [6.07, 6.45) is 17.8. The molecule has 0 heterocycles. The minimum Gasteiger partial charge on any atom is -0.413 e. The van der Waals surface area contributed by atoms with Gasteiger partial charge in [0.05, 0.1) is 12.5 Å². The zero-order valence-electron chi connectivity index (χ0n) is 13.4. The predicted molar refractivity (Wildman–Crippen MR) is 91.4 cm³/mol. The van der Waals surface area contributed by atoms with Crippen molar-refractivity contribution in [1.82, 2.24) is 0 Å². The Bertz CT molecular complexity index is 301. The summed E-state index contributed by atoms with van der Waals surface area (Å²) in [6, 6.07) is 0. The third-order valence-corrected chi connectivity index (χ3v) is 4.24. The van der Waals surface area contributed by atoms with Gasteiger partial charge in [0, 0.05) is 11.2 Å². The molecule has 0 aromatic heterocycles. The van der Waals surface area contributed by atoms with Crippen LogP contribution in [0.5, 0.6) is 0 Å². The van der Waals surface area contributed by atoms with Crippen molar-refractivity contribution >= 4 is 18.2 Å². The number of unbranched alkanes of at least 4 members (excludes halogenated alkanes) is 8. The Kier molecular flexibility index (Phi) is 14.3. The molecular weight excluding hydrogens is 307 g/mol. The molecule has 0 N–H and O–H groups in total. The maximum Gasteiger partial charge on any atom is 0.529 e. The first-order valence-electron chi connectivity index (χ1n) is 8.09. The minimum atomic E-state index is -3.52. The van der Waals surface area contributed by atoms with Gasteiger partial charge in [-0.25, -0.2) is 4.57 Å². The van der Waals surface area contributed by atoms with E-state index in [-0.39, 0.29) is 0 Å². The van der Waals surface area contributed by atoms with Gasteiger partial charge in [-0.3, -0.25) is 0 Å². The van der Waals surface area contributed by atoms with Crippen molar-refractivity contribution in [3.05, 3.63) is 24.7 Å². The highest BCUT2D eigenvalue weighted by molar-refractivity contribution is 7.81. The fraction of sp³-hybridized carbons (Fsp3) is 0.750. The molecule has 0 saturated heterocycles. The highest BCUT2D eigenvalue weighted by Gasteiger charge is 2.19. The Balaban J connectivity index is 3.65. The van der Waals surface area contributed by atoms with Gasteiger partial charge in [0.15, 0.2) is 0 Å². The minimum absolute atomic E-state index is 0.907. The summed E-state index contributed by atoms with van der Waals surface area (Å²) < 4.78 is 21.6. The van der Waals surface area contributed by atoms with Gasteiger partial charge in [-0.05, 0) is 37.8 Å². The van der Waals surface area contributed by atoms with Crippen LogP contribution in [-0.4, -0.2) is 0 Å². The van der Waals surface area contributed by atoms with Crippen LogP contribution in [0.1, 0.15) is 78.1 Å². The van der Waals surface area contributed by atoms with E-state index in [9.17, 15) is 4.57 Å². The molecule has 0 fully saturated rings. The summed E-state index contributed by atoms with van der Waals surface area (Å²) in [5.74, 6) is 0. The lowest BCUT2D eigenvalue weighted by Gasteiger charge is -2.07. The van der Waals surface area contributed by atoms with Crippen LogP contribution in [-0.2, 0) is 13.6 Å². The van der Waals surface area contributed by atoms with Crippen LogP contribution in [0.3, 0.4) is 0 Å². The zero-order chi connectivity index (χ0) is 15.8. The maximum absolute atomic E-state index is 11.7. The van der Waals surface area contributed by atoms with Crippen molar-refractivity contribution < 1.29 is 13.6 Å². The maximum atomic E-state index is 11.7. The molecule has 3 nitrogen and oxygen atoms in total. The molecule has 5 heteroatoms. The first-order chi connectivity index (χ1) is 10.1. The molecule has 21 heavy (non-hydrogen) atoms. The third kappa shape index (κ3) is 15.8. The van der Waals surface area contributed by atoms with Crippen LogP contribution < -0.4 is 0 Å². The zero-order valence-corrected chi connectivity index (χ0v) is 15.1. The highest BCUT2D eigenvalue weighted by Crippen LogP contribution is 2.54.